The van der Waals surface area contributed by atoms with E-state index in [9.17, 15) is 0 Å². The van der Waals surface area contributed by atoms with Gasteiger partial charge in [-0.2, -0.15) is 0 Å². The Morgan fingerprint density at radius 1 is 1.15 bits per heavy atom. The summed E-state index contributed by atoms with van der Waals surface area (Å²) in [4.78, 5) is 8.72. The van der Waals surface area contributed by atoms with E-state index in [1.54, 1.807) is 22.7 Å². The van der Waals surface area contributed by atoms with Crippen molar-refractivity contribution in [3.63, 3.8) is 0 Å². The molecule has 0 radical (unpaired) electrons. The molecule has 0 aliphatic heterocycles. The minimum atomic E-state index is 1.08. The predicted molar refractivity (Wildman–Crippen MR) is 57.5 cm³/mol. The van der Waals surface area contributed by atoms with Crippen LogP contribution in [0.25, 0.3) is 20.4 Å². The Morgan fingerprint density at radius 2 is 2.00 bits per heavy atom. The summed E-state index contributed by atoms with van der Waals surface area (Å²) < 4.78 is 2.54. The largest absolute Gasteiger partial charge is 0.245 e. The third-order valence-corrected chi connectivity index (χ3v) is 3.95. The first-order valence-corrected chi connectivity index (χ1v) is 5.63. The van der Waals surface area contributed by atoms with E-state index >= 15 is 0 Å². The number of hydrogen-bond acceptors (Lipinski definition) is 4. The fourth-order valence-corrected chi connectivity index (χ4v) is 3.27. The van der Waals surface area contributed by atoms with Crippen molar-refractivity contribution in [3.8, 4) is 0 Å². The molecular formula is C9H6N2S2. The summed E-state index contributed by atoms with van der Waals surface area (Å²) in [6, 6.07) is 4.08. The van der Waals surface area contributed by atoms with Crippen molar-refractivity contribution in [1.29, 1.82) is 0 Å². The molecular weight excluding hydrogens is 200 g/mol. The zero-order chi connectivity index (χ0) is 8.84. The summed E-state index contributed by atoms with van der Waals surface area (Å²) in [7, 11) is 0. The zero-order valence-corrected chi connectivity index (χ0v) is 8.58. The Morgan fingerprint density at radius 3 is 2.92 bits per heavy atom. The molecule has 0 aliphatic carbocycles. The van der Waals surface area contributed by atoms with E-state index in [-0.39, 0.29) is 0 Å². The molecule has 2 heterocycles. The van der Waals surface area contributed by atoms with Gasteiger partial charge >= 0.3 is 0 Å². The number of hydrogen-bond donors (Lipinski definition) is 0. The summed E-state index contributed by atoms with van der Waals surface area (Å²) in [6.45, 7) is 2.04. The van der Waals surface area contributed by atoms with Crippen LogP contribution in [0.4, 0.5) is 0 Å². The van der Waals surface area contributed by atoms with Crippen LogP contribution in [0, 0.1) is 6.92 Å². The highest BCUT2D eigenvalue weighted by molar-refractivity contribution is 7.26. The molecule has 0 fully saturated rings. The molecule has 2 aromatic heterocycles. The highest BCUT2D eigenvalue weighted by atomic mass is 32.1. The maximum atomic E-state index is 4.44. The van der Waals surface area contributed by atoms with Gasteiger partial charge in [0.05, 0.1) is 31.0 Å². The molecule has 13 heavy (non-hydrogen) atoms. The normalized spacial score (nSPS) is 11.5. The van der Waals surface area contributed by atoms with Crippen LogP contribution in [0.2, 0.25) is 0 Å². The van der Waals surface area contributed by atoms with Gasteiger partial charge in [-0.05, 0) is 19.1 Å². The lowest BCUT2D eigenvalue weighted by Crippen LogP contribution is -1.69. The SMILES string of the molecule is Cc1nc2ccc3ncsc3c2s1. The lowest BCUT2D eigenvalue weighted by atomic mass is 10.3. The van der Waals surface area contributed by atoms with Gasteiger partial charge in [-0.15, -0.1) is 22.7 Å². The van der Waals surface area contributed by atoms with Gasteiger partial charge in [-0.3, -0.25) is 0 Å². The Labute approximate surface area is 82.9 Å². The molecule has 0 amide bonds. The predicted octanol–water partition coefficient (Wildman–Crippen LogP) is 3.21. The van der Waals surface area contributed by atoms with E-state index in [0.29, 0.717) is 0 Å². The van der Waals surface area contributed by atoms with E-state index in [4.69, 9.17) is 0 Å². The summed E-state index contributed by atoms with van der Waals surface area (Å²) in [5.41, 5.74) is 4.07. The maximum Gasteiger partial charge on any atom is 0.0908 e. The average Bonchev–Trinajstić information content (AvgIpc) is 2.65. The van der Waals surface area contributed by atoms with Crippen LogP contribution in [0.15, 0.2) is 17.6 Å². The molecule has 0 saturated carbocycles. The summed E-state index contributed by atoms with van der Waals surface area (Å²) in [5, 5.41) is 1.12. The molecule has 0 spiro atoms. The average molecular weight is 206 g/mol. The third kappa shape index (κ3) is 0.990. The first kappa shape index (κ1) is 7.41. The molecule has 3 rings (SSSR count). The second-order valence-corrected chi connectivity index (χ2v) is 4.91. The molecule has 0 aliphatic rings. The fraction of sp³-hybridized carbons (Fsp3) is 0.111. The Balaban J connectivity index is 2.64. The molecule has 0 atom stereocenters. The Hall–Kier alpha value is -1.00. The summed E-state index contributed by atoms with van der Waals surface area (Å²) in [6.07, 6.45) is 0. The van der Waals surface area contributed by atoms with Gasteiger partial charge in [0.15, 0.2) is 0 Å². The van der Waals surface area contributed by atoms with Crippen molar-refractivity contribution in [2.45, 2.75) is 6.92 Å². The third-order valence-electron chi connectivity index (χ3n) is 1.96. The van der Waals surface area contributed by atoms with Crippen LogP contribution < -0.4 is 0 Å². The number of aromatic nitrogens is 2. The van der Waals surface area contributed by atoms with Gasteiger partial charge in [0.2, 0.25) is 0 Å². The molecule has 0 saturated heterocycles. The van der Waals surface area contributed by atoms with Gasteiger partial charge in [0, 0.05) is 0 Å². The molecule has 2 nitrogen and oxygen atoms in total. The number of aryl methyl sites for hydroxylation is 1. The Bertz CT molecular complexity index is 579. The van der Waals surface area contributed by atoms with Gasteiger partial charge in [-0.1, -0.05) is 0 Å². The minimum Gasteiger partial charge on any atom is -0.245 e. The quantitative estimate of drug-likeness (QED) is 0.564. The topological polar surface area (TPSA) is 25.8 Å². The van der Waals surface area contributed by atoms with Crippen molar-refractivity contribution < 1.29 is 0 Å². The maximum absolute atomic E-state index is 4.44. The zero-order valence-electron chi connectivity index (χ0n) is 6.94. The number of rotatable bonds is 0. The first-order chi connectivity index (χ1) is 6.34. The second-order valence-electron chi connectivity index (χ2n) is 2.85. The standard InChI is InChI=1S/C9H6N2S2/c1-5-11-7-3-2-6-8(9(7)13-5)12-4-10-6/h2-4H,1H3. The molecule has 4 heteroatoms. The van der Waals surface area contributed by atoms with Gasteiger partial charge in [0.25, 0.3) is 0 Å². The van der Waals surface area contributed by atoms with E-state index in [1.165, 1.54) is 9.40 Å². The van der Waals surface area contributed by atoms with Crippen molar-refractivity contribution in [3.05, 3.63) is 22.7 Å². The smallest absolute Gasteiger partial charge is 0.0908 e. The molecule has 0 unspecified atom stereocenters. The molecule has 0 bridgehead atoms. The van der Waals surface area contributed by atoms with Gasteiger partial charge < -0.3 is 0 Å². The van der Waals surface area contributed by atoms with Crippen LogP contribution in [0.3, 0.4) is 0 Å². The van der Waals surface area contributed by atoms with Crippen LogP contribution in [0.1, 0.15) is 5.01 Å². The summed E-state index contributed by atoms with van der Waals surface area (Å²) >= 11 is 3.43. The van der Waals surface area contributed by atoms with Gasteiger partial charge in [-0.25, -0.2) is 9.97 Å². The van der Waals surface area contributed by atoms with Gasteiger partial charge in [0.1, 0.15) is 0 Å². The van der Waals surface area contributed by atoms with Crippen molar-refractivity contribution in [1.82, 2.24) is 9.97 Å². The molecule has 1 aromatic carbocycles. The van der Waals surface area contributed by atoms with Crippen molar-refractivity contribution in [2.75, 3.05) is 0 Å². The van der Waals surface area contributed by atoms with Crippen LogP contribution in [0.5, 0.6) is 0 Å². The first-order valence-electron chi connectivity index (χ1n) is 3.94. The lowest BCUT2D eigenvalue weighted by molar-refractivity contribution is 1.35. The Kier molecular flexibility index (Phi) is 1.42. The lowest BCUT2D eigenvalue weighted by Gasteiger charge is -1.87. The molecule has 3 aromatic rings. The van der Waals surface area contributed by atoms with E-state index in [0.717, 1.165) is 16.0 Å². The number of fused-ring (bicyclic) bond motifs is 3. The second kappa shape index (κ2) is 2.49. The number of thiazole rings is 2. The van der Waals surface area contributed by atoms with E-state index in [2.05, 4.69) is 9.97 Å². The summed E-state index contributed by atoms with van der Waals surface area (Å²) in [5.74, 6) is 0. The molecule has 0 N–H and O–H groups in total. The number of nitrogens with zero attached hydrogens (tertiary/aromatic N) is 2. The number of benzene rings is 1. The minimum absolute atomic E-state index is 1.08. The van der Waals surface area contributed by atoms with Crippen LogP contribution >= 0.6 is 22.7 Å². The highest BCUT2D eigenvalue weighted by Crippen LogP contribution is 2.31. The highest BCUT2D eigenvalue weighted by Gasteiger charge is 2.06. The van der Waals surface area contributed by atoms with Crippen LogP contribution in [-0.4, -0.2) is 9.97 Å². The van der Waals surface area contributed by atoms with E-state index < -0.39 is 0 Å². The van der Waals surface area contributed by atoms with Crippen molar-refractivity contribution in [2.24, 2.45) is 0 Å². The monoisotopic (exact) mass is 206 g/mol. The molecule has 64 valence electrons. The van der Waals surface area contributed by atoms with E-state index in [1.807, 2.05) is 24.6 Å². The van der Waals surface area contributed by atoms with Crippen LogP contribution in [-0.2, 0) is 0 Å². The van der Waals surface area contributed by atoms with Crippen molar-refractivity contribution >= 4 is 43.1 Å². The fourth-order valence-electron chi connectivity index (χ4n) is 1.42.